The summed E-state index contributed by atoms with van der Waals surface area (Å²) < 4.78 is 63.9. The van der Waals surface area contributed by atoms with E-state index >= 15 is 0 Å². The average molecular weight is 364 g/mol. The molecule has 0 amide bonds. The van der Waals surface area contributed by atoms with Crippen LogP contribution in [0.4, 0.5) is 13.2 Å². The van der Waals surface area contributed by atoms with Crippen LogP contribution in [-0.4, -0.2) is 55.8 Å². The van der Waals surface area contributed by atoms with Gasteiger partial charge in [-0.3, -0.25) is 4.79 Å². The molecule has 0 atom stereocenters. The fourth-order valence-corrected chi connectivity index (χ4v) is 1.59. The Morgan fingerprint density at radius 1 is 1.22 bits per heavy atom. The van der Waals surface area contributed by atoms with Gasteiger partial charge < -0.3 is 20.1 Å². The molecular formula is C11H17F3NO7S-. The first kappa shape index (κ1) is 21.6. The van der Waals surface area contributed by atoms with Gasteiger partial charge in [-0.1, -0.05) is 0 Å². The normalized spacial score (nSPS) is 13.9. The highest BCUT2D eigenvalue weighted by atomic mass is 32.2. The van der Waals surface area contributed by atoms with Crippen LogP contribution in [0.2, 0.25) is 0 Å². The maximum Gasteiger partial charge on any atom is 0.518 e. The van der Waals surface area contributed by atoms with Crippen LogP contribution in [0.5, 0.6) is 0 Å². The van der Waals surface area contributed by atoms with E-state index in [1.165, 1.54) is 6.92 Å². The number of rotatable bonds is 9. The zero-order valence-electron chi connectivity index (χ0n) is 12.2. The summed E-state index contributed by atoms with van der Waals surface area (Å²) in [6.45, 7) is -0.239. The van der Waals surface area contributed by atoms with Gasteiger partial charge in [-0.05, 0) is 32.1 Å². The van der Waals surface area contributed by atoms with Gasteiger partial charge in [0.15, 0.2) is 0 Å². The fourth-order valence-electron chi connectivity index (χ4n) is 1.13. The van der Waals surface area contributed by atoms with Crippen LogP contribution in [0, 0.1) is 5.41 Å². The lowest BCUT2D eigenvalue weighted by Gasteiger charge is -2.22. The Kier molecular flexibility index (Phi) is 7.94. The van der Waals surface area contributed by atoms with E-state index in [2.05, 4.69) is 4.40 Å². The van der Waals surface area contributed by atoms with Gasteiger partial charge in [0.1, 0.15) is 5.41 Å². The molecule has 0 saturated heterocycles. The summed E-state index contributed by atoms with van der Waals surface area (Å²) in [5.41, 5.74) is -7.11. The zero-order chi connectivity index (χ0) is 18.3. The number of nitrogens with zero attached hydrogens (tertiary/aromatic N) is 1. The van der Waals surface area contributed by atoms with E-state index in [-0.39, 0.29) is 19.4 Å². The molecule has 136 valence electrons. The van der Waals surface area contributed by atoms with E-state index in [0.717, 1.165) is 0 Å². The van der Waals surface area contributed by atoms with Crippen molar-refractivity contribution in [1.29, 1.82) is 0 Å². The Morgan fingerprint density at radius 2 is 1.74 bits per heavy atom. The van der Waals surface area contributed by atoms with Gasteiger partial charge in [0, 0.05) is 0 Å². The summed E-state index contributed by atoms with van der Waals surface area (Å²) in [6.07, 6.45) is -0.561. The van der Waals surface area contributed by atoms with Gasteiger partial charge in [0.2, 0.25) is 0 Å². The van der Waals surface area contributed by atoms with E-state index in [1.807, 2.05) is 0 Å². The van der Waals surface area contributed by atoms with Crippen LogP contribution in [-0.2, 0) is 19.6 Å². The minimum absolute atomic E-state index is 0.0576. The number of halogens is 3. The summed E-state index contributed by atoms with van der Waals surface area (Å²) in [5, 5.41) is 28.9. The highest BCUT2D eigenvalue weighted by Gasteiger charge is 2.45. The Labute approximate surface area is 130 Å². The van der Waals surface area contributed by atoms with Gasteiger partial charge in [-0.25, -0.2) is 0 Å². The third kappa shape index (κ3) is 6.71. The molecule has 23 heavy (non-hydrogen) atoms. The van der Waals surface area contributed by atoms with E-state index in [9.17, 15) is 31.5 Å². The van der Waals surface area contributed by atoms with Gasteiger partial charge in [-0.15, -0.1) is 0 Å². The van der Waals surface area contributed by atoms with E-state index < -0.39 is 52.4 Å². The summed E-state index contributed by atoms with van der Waals surface area (Å²) in [6, 6.07) is 0. The van der Waals surface area contributed by atoms with Crippen molar-refractivity contribution < 1.29 is 46.4 Å². The number of unbranched alkanes of at least 4 members (excludes halogenated alkanes) is 1. The third-order valence-electron chi connectivity index (χ3n) is 2.72. The lowest BCUT2D eigenvalue weighted by atomic mass is 9.93. The number of aliphatic hydroxyl groups is 2. The molecule has 0 spiro atoms. The van der Waals surface area contributed by atoms with Crippen molar-refractivity contribution in [2.75, 3.05) is 19.8 Å². The van der Waals surface area contributed by atoms with Gasteiger partial charge in [0.05, 0.1) is 19.8 Å². The van der Waals surface area contributed by atoms with Crippen molar-refractivity contribution >= 4 is 21.9 Å². The van der Waals surface area contributed by atoms with Crippen molar-refractivity contribution in [2.45, 2.75) is 31.7 Å². The number of hydrogen-bond donors (Lipinski definition) is 2. The molecule has 0 aromatic rings. The van der Waals surface area contributed by atoms with Crippen molar-refractivity contribution in [3.63, 3.8) is 0 Å². The minimum Gasteiger partial charge on any atom is -0.861 e. The predicted molar refractivity (Wildman–Crippen MR) is 69.5 cm³/mol. The second-order valence-corrected chi connectivity index (χ2v) is 6.47. The first-order chi connectivity index (χ1) is 10.4. The number of carbonyl (C=O) groups excluding carboxylic acids is 1. The number of aliphatic hydroxyl groups excluding tert-OH is 2. The number of sulfonamides is 1. The first-order valence-corrected chi connectivity index (χ1v) is 7.79. The van der Waals surface area contributed by atoms with Gasteiger partial charge in [0.25, 0.3) is 0 Å². The smallest absolute Gasteiger partial charge is 0.518 e. The topological polar surface area (TPSA) is 136 Å². The number of ether oxygens (including phenoxy) is 1. The molecule has 0 aliphatic rings. The number of hydrogen-bond acceptors (Lipinski definition) is 7. The van der Waals surface area contributed by atoms with Crippen LogP contribution in [0.1, 0.15) is 26.2 Å². The Morgan fingerprint density at radius 3 is 2.17 bits per heavy atom. The van der Waals surface area contributed by atoms with Crippen LogP contribution in [0.3, 0.4) is 0 Å². The van der Waals surface area contributed by atoms with Crippen LogP contribution < -0.4 is 5.11 Å². The average Bonchev–Trinajstić information content (AvgIpc) is 2.44. The van der Waals surface area contributed by atoms with E-state index in [4.69, 9.17) is 14.9 Å². The largest absolute Gasteiger partial charge is 0.861 e. The van der Waals surface area contributed by atoms with Crippen molar-refractivity contribution in [2.24, 2.45) is 9.81 Å². The monoisotopic (exact) mass is 364 g/mol. The lowest BCUT2D eigenvalue weighted by Crippen LogP contribution is -2.37. The van der Waals surface area contributed by atoms with Crippen molar-refractivity contribution in [3.05, 3.63) is 0 Å². The molecule has 0 aromatic heterocycles. The molecule has 0 aliphatic carbocycles. The number of esters is 1. The van der Waals surface area contributed by atoms with E-state index in [0.29, 0.717) is 0 Å². The molecular weight excluding hydrogens is 347 g/mol. The van der Waals surface area contributed by atoms with Crippen LogP contribution in [0.25, 0.3) is 0 Å². The minimum atomic E-state index is -5.84. The summed E-state index contributed by atoms with van der Waals surface area (Å²) in [4.78, 5) is 11.5. The molecule has 0 fully saturated rings. The molecule has 0 aliphatic heterocycles. The summed E-state index contributed by atoms with van der Waals surface area (Å²) in [7, 11) is -5.84. The highest BCUT2D eigenvalue weighted by molar-refractivity contribution is 7.91. The molecule has 2 N–H and O–H groups in total. The molecule has 0 radical (unpaired) electrons. The van der Waals surface area contributed by atoms with Crippen molar-refractivity contribution in [3.8, 4) is 0 Å². The molecule has 12 heteroatoms. The molecule has 0 aromatic carbocycles. The maximum absolute atomic E-state index is 12.0. The van der Waals surface area contributed by atoms with Crippen LogP contribution >= 0.6 is 0 Å². The Bertz CT molecular complexity index is 526. The zero-order valence-corrected chi connectivity index (χ0v) is 13.0. The molecule has 0 heterocycles. The standard InChI is InChI=1S/C11H18F3NO7S/c1-10(6-16,7-17)9(19)22-5-3-2-4-8(18)15-23(20,21)11(12,13)14/h16-17H,2-7H2,1H3,(H,15,18)/p-1. The number of carbonyl (C=O) groups is 1. The summed E-state index contributed by atoms with van der Waals surface area (Å²) >= 11 is 0. The van der Waals surface area contributed by atoms with Crippen molar-refractivity contribution in [1.82, 2.24) is 0 Å². The fraction of sp³-hybridized carbons (Fsp3) is 0.818. The highest BCUT2D eigenvalue weighted by Crippen LogP contribution is 2.24. The summed E-state index contributed by atoms with van der Waals surface area (Å²) in [5.74, 6) is -2.33. The first-order valence-electron chi connectivity index (χ1n) is 6.35. The second-order valence-electron chi connectivity index (χ2n) is 4.88. The molecule has 0 rings (SSSR count). The predicted octanol–water partition coefficient (Wildman–Crippen LogP) is -0.701. The molecule has 0 bridgehead atoms. The molecule has 0 saturated carbocycles. The Balaban J connectivity index is 4.27. The van der Waals surface area contributed by atoms with Crippen LogP contribution in [0.15, 0.2) is 4.40 Å². The SMILES string of the molecule is CC(CO)(CO)C(=O)OCCCC/C([O-])=N/S(=O)(=O)C(F)(F)F. The number of alkyl halides is 3. The lowest BCUT2D eigenvalue weighted by molar-refractivity contribution is -0.218. The quantitative estimate of drug-likeness (QED) is 0.239. The Hall–Kier alpha value is -1.40. The van der Waals surface area contributed by atoms with E-state index in [1.54, 1.807) is 0 Å². The van der Waals surface area contributed by atoms with Gasteiger partial charge in [-0.2, -0.15) is 26.0 Å². The molecule has 8 nitrogen and oxygen atoms in total. The third-order valence-corrected chi connectivity index (χ3v) is 3.75. The maximum atomic E-state index is 12.0. The second kappa shape index (κ2) is 8.45. The molecule has 0 unspecified atom stereocenters. The van der Waals surface area contributed by atoms with Gasteiger partial charge >= 0.3 is 21.5 Å².